The number of benzene rings is 2. The Balaban J connectivity index is 2.06. The molecule has 0 saturated heterocycles. The average molecular weight is 376 g/mol. The lowest BCUT2D eigenvalue weighted by atomic mass is 10.1. The third kappa shape index (κ3) is 3.77. The highest BCUT2D eigenvalue weighted by atomic mass is 19.4. The highest BCUT2D eigenvalue weighted by Gasteiger charge is 2.42. The number of ether oxygens (including phenoxy) is 1. The number of nitrogens with zero attached hydrogens (tertiary/aromatic N) is 1. The minimum atomic E-state index is -4.68. The van der Waals surface area contributed by atoms with E-state index in [2.05, 4.69) is 10.3 Å². The summed E-state index contributed by atoms with van der Waals surface area (Å²) in [7, 11) is 0. The molecule has 9 heteroatoms. The van der Waals surface area contributed by atoms with Crippen LogP contribution in [0.2, 0.25) is 0 Å². The molecule has 0 fully saturated rings. The molecule has 1 unspecified atom stereocenters. The van der Waals surface area contributed by atoms with Crippen LogP contribution in [0.3, 0.4) is 0 Å². The number of halogens is 3. The van der Waals surface area contributed by atoms with Crippen LogP contribution in [0.15, 0.2) is 71.4 Å². The third-order valence-electron chi connectivity index (χ3n) is 3.79. The van der Waals surface area contributed by atoms with Crippen molar-refractivity contribution in [2.24, 2.45) is 16.5 Å². The van der Waals surface area contributed by atoms with E-state index in [-0.39, 0.29) is 11.4 Å². The van der Waals surface area contributed by atoms with Gasteiger partial charge >= 0.3 is 6.18 Å². The van der Waals surface area contributed by atoms with E-state index in [4.69, 9.17) is 16.2 Å². The first-order valence-corrected chi connectivity index (χ1v) is 7.77. The first-order chi connectivity index (χ1) is 12.7. The predicted molar refractivity (Wildman–Crippen MR) is 92.4 cm³/mol. The monoisotopic (exact) mass is 376 g/mol. The van der Waals surface area contributed by atoms with Gasteiger partial charge in [0.1, 0.15) is 17.2 Å². The van der Waals surface area contributed by atoms with Gasteiger partial charge < -0.3 is 15.8 Å². The van der Waals surface area contributed by atoms with Crippen molar-refractivity contribution in [2.45, 2.75) is 12.0 Å². The first-order valence-electron chi connectivity index (χ1n) is 7.77. The minimum absolute atomic E-state index is 0.215. The number of amides is 1. The summed E-state index contributed by atoms with van der Waals surface area (Å²) in [6, 6.07) is 13.2. The van der Waals surface area contributed by atoms with E-state index in [0.29, 0.717) is 5.56 Å². The molecule has 1 amide bonds. The molecular formula is C18H15F3N4O2. The number of primary amides is 1. The molecule has 0 bridgehead atoms. The van der Waals surface area contributed by atoms with Gasteiger partial charge in [-0.3, -0.25) is 10.5 Å². The maximum Gasteiger partial charge on any atom is 0.419 e. The molecule has 0 aliphatic carbocycles. The highest BCUT2D eigenvalue weighted by Crippen LogP contribution is 2.38. The second-order valence-electron chi connectivity index (χ2n) is 5.69. The van der Waals surface area contributed by atoms with Crippen molar-refractivity contribution in [1.82, 2.24) is 5.32 Å². The van der Waals surface area contributed by atoms with Crippen molar-refractivity contribution in [3.05, 3.63) is 77.5 Å². The maximum atomic E-state index is 13.2. The van der Waals surface area contributed by atoms with Gasteiger partial charge in [-0.1, -0.05) is 42.5 Å². The normalized spacial score (nSPS) is 19.6. The van der Waals surface area contributed by atoms with Crippen LogP contribution in [-0.2, 0) is 11.0 Å². The molecular weight excluding hydrogens is 361 g/mol. The Kier molecular flexibility index (Phi) is 4.63. The first kappa shape index (κ1) is 18.5. The van der Waals surface area contributed by atoms with Crippen molar-refractivity contribution in [3.8, 4) is 5.75 Å². The van der Waals surface area contributed by atoms with E-state index in [1.807, 2.05) is 0 Å². The Labute approximate surface area is 152 Å². The van der Waals surface area contributed by atoms with Crippen molar-refractivity contribution >= 4 is 11.7 Å². The number of nitrogens with two attached hydrogens (primary N) is 2. The lowest BCUT2D eigenvalue weighted by Crippen LogP contribution is -2.54. The maximum absolute atomic E-state index is 13.2. The summed E-state index contributed by atoms with van der Waals surface area (Å²) >= 11 is 0. The molecule has 1 atom stereocenters. The van der Waals surface area contributed by atoms with E-state index >= 15 is 0 Å². The second kappa shape index (κ2) is 6.76. The Bertz CT molecular complexity index is 926. The zero-order valence-corrected chi connectivity index (χ0v) is 13.8. The third-order valence-corrected chi connectivity index (χ3v) is 3.79. The second-order valence-corrected chi connectivity index (χ2v) is 5.69. The molecule has 1 heterocycles. The largest absolute Gasteiger partial charge is 0.448 e. The summed E-state index contributed by atoms with van der Waals surface area (Å²) in [5.74, 6) is -3.57. The van der Waals surface area contributed by atoms with Gasteiger partial charge in [0.15, 0.2) is 0 Å². The number of amidine groups is 1. The van der Waals surface area contributed by atoms with Crippen molar-refractivity contribution in [1.29, 1.82) is 0 Å². The summed E-state index contributed by atoms with van der Waals surface area (Å²) in [4.78, 5) is 15.9. The fourth-order valence-electron chi connectivity index (χ4n) is 2.53. The lowest BCUT2D eigenvalue weighted by molar-refractivity contribution is -0.139. The van der Waals surface area contributed by atoms with E-state index in [9.17, 15) is 18.0 Å². The molecule has 140 valence electrons. The Hall–Kier alpha value is -3.33. The van der Waals surface area contributed by atoms with Crippen LogP contribution in [0.4, 0.5) is 13.2 Å². The lowest BCUT2D eigenvalue weighted by Gasteiger charge is -2.32. The zero-order chi connectivity index (χ0) is 19.7. The molecule has 1 aliphatic rings. The molecule has 27 heavy (non-hydrogen) atoms. The number of para-hydroxylation sites is 1. The van der Waals surface area contributed by atoms with Crippen molar-refractivity contribution in [2.75, 3.05) is 0 Å². The van der Waals surface area contributed by atoms with Crippen LogP contribution in [0.5, 0.6) is 5.75 Å². The molecule has 0 aromatic heterocycles. The number of nitrogens with one attached hydrogen (secondary N) is 1. The predicted octanol–water partition coefficient (Wildman–Crippen LogP) is 2.12. The topological polar surface area (TPSA) is 103 Å². The van der Waals surface area contributed by atoms with Gasteiger partial charge in [0.05, 0.1) is 5.56 Å². The summed E-state index contributed by atoms with van der Waals surface area (Å²) in [5.41, 5.74) is 10.6. The summed E-state index contributed by atoms with van der Waals surface area (Å²) in [6.45, 7) is 0. The highest BCUT2D eigenvalue weighted by molar-refractivity contribution is 6.03. The minimum Gasteiger partial charge on any atom is -0.448 e. The molecule has 3 rings (SSSR count). The molecule has 1 aliphatic heterocycles. The number of rotatable bonds is 4. The molecule has 2 aromatic rings. The standard InChI is InChI=1S/C18H15F3N4O2/c19-17(20,21)12-8-4-5-9-14(12)27-18(23)13(15(22)26)10-24-16(25-18)11-6-2-1-3-7-11/h1-10H,23H2,(H2,22,26)(H,24,25). The SMILES string of the molecule is NC(=O)C1=CNC(c2ccccc2)=NC1(N)Oc1ccccc1C(F)(F)F. The van der Waals surface area contributed by atoms with Crippen molar-refractivity contribution in [3.63, 3.8) is 0 Å². The van der Waals surface area contributed by atoms with Crippen LogP contribution in [0.25, 0.3) is 0 Å². The Morgan fingerprint density at radius 2 is 1.70 bits per heavy atom. The summed E-state index contributed by atoms with van der Waals surface area (Å²) in [6.07, 6.45) is -3.50. The van der Waals surface area contributed by atoms with Gasteiger partial charge in [-0.05, 0) is 12.1 Å². The number of carbonyl (C=O) groups excluding carboxylic acids is 1. The molecule has 0 spiro atoms. The van der Waals surface area contributed by atoms with E-state index < -0.39 is 29.2 Å². The number of hydrogen-bond donors (Lipinski definition) is 3. The molecule has 5 N–H and O–H groups in total. The number of carbonyl (C=O) groups is 1. The molecule has 0 saturated carbocycles. The van der Waals surface area contributed by atoms with Crippen LogP contribution >= 0.6 is 0 Å². The van der Waals surface area contributed by atoms with Gasteiger partial charge in [-0.2, -0.15) is 13.2 Å². The fraction of sp³-hybridized carbons (Fsp3) is 0.111. The van der Waals surface area contributed by atoms with Gasteiger partial charge in [0, 0.05) is 11.8 Å². The van der Waals surface area contributed by atoms with Crippen LogP contribution in [0, 0.1) is 0 Å². The van der Waals surface area contributed by atoms with Gasteiger partial charge in [0.25, 0.3) is 11.8 Å². The number of alkyl halides is 3. The quantitative estimate of drug-likeness (QED) is 0.711. The summed E-state index contributed by atoms with van der Waals surface area (Å²) < 4.78 is 45.1. The Morgan fingerprint density at radius 3 is 2.33 bits per heavy atom. The molecule has 6 nitrogen and oxygen atoms in total. The van der Waals surface area contributed by atoms with Crippen LogP contribution in [-0.4, -0.2) is 17.6 Å². The number of hydrogen-bond acceptors (Lipinski definition) is 5. The van der Waals surface area contributed by atoms with E-state index in [1.165, 1.54) is 18.3 Å². The number of aliphatic imine (C=N–C) groups is 1. The average Bonchev–Trinajstić information content (AvgIpc) is 2.61. The summed E-state index contributed by atoms with van der Waals surface area (Å²) in [5, 5.41) is 2.76. The van der Waals surface area contributed by atoms with Crippen LogP contribution in [0.1, 0.15) is 11.1 Å². The van der Waals surface area contributed by atoms with Crippen molar-refractivity contribution < 1.29 is 22.7 Å². The smallest absolute Gasteiger partial charge is 0.419 e. The van der Waals surface area contributed by atoms with Crippen LogP contribution < -0.4 is 21.5 Å². The van der Waals surface area contributed by atoms with Gasteiger partial charge in [0.2, 0.25) is 0 Å². The molecule has 2 aromatic carbocycles. The zero-order valence-electron chi connectivity index (χ0n) is 13.8. The molecule has 0 radical (unpaired) electrons. The van der Waals surface area contributed by atoms with Gasteiger partial charge in [-0.15, -0.1) is 0 Å². The van der Waals surface area contributed by atoms with E-state index in [1.54, 1.807) is 30.3 Å². The fourth-order valence-corrected chi connectivity index (χ4v) is 2.53. The van der Waals surface area contributed by atoms with E-state index in [0.717, 1.165) is 12.1 Å². The van der Waals surface area contributed by atoms with Gasteiger partial charge in [-0.25, -0.2) is 4.99 Å². The Morgan fingerprint density at radius 1 is 1.07 bits per heavy atom.